The summed E-state index contributed by atoms with van der Waals surface area (Å²) in [6, 6.07) is 4.07. The van der Waals surface area contributed by atoms with Crippen LogP contribution in [0.3, 0.4) is 0 Å². The van der Waals surface area contributed by atoms with Gasteiger partial charge in [-0.2, -0.15) is 0 Å². The van der Waals surface area contributed by atoms with Crippen LogP contribution in [-0.2, 0) is 17.6 Å². The van der Waals surface area contributed by atoms with E-state index in [0.29, 0.717) is 17.0 Å². The van der Waals surface area contributed by atoms with Gasteiger partial charge in [0.25, 0.3) is 0 Å². The third-order valence-corrected chi connectivity index (χ3v) is 3.74. The van der Waals surface area contributed by atoms with E-state index in [1.165, 1.54) is 23.5 Å². The van der Waals surface area contributed by atoms with Gasteiger partial charge in [0.1, 0.15) is 16.6 Å². The van der Waals surface area contributed by atoms with E-state index >= 15 is 0 Å². The first kappa shape index (κ1) is 13.2. The number of aromatic nitrogens is 1. The molecule has 1 aromatic carbocycles. The van der Waals surface area contributed by atoms with Gasteiger partial charge in [-0.15, -0.1) is 11.3 Å². The number of carbonyl (C=O) groups is 1. The van der Waals surface area contributed by atoms with Gasteiger partial charge < -0.3 is 0 Å². The van der Waals surface area contributed by atoms with Crippen LogP contribution < -0.4 is 0 Å². The van der Waals surface area contributed by atoms with Gasteiger partial charge >= 0.3 is 0 Å². The second kappa shape index (κ2) is 5.59. The van der Waals surface area contributed by atoms with Gasteiger partial charge in [0.05, 0.1) is 6.42 Å². The van der Waals surface area contributed by atoms with Crippen molar-refractivity contribution in [3.8, 4) is 0 Å². The highest BCUT2D eigenvalue weighted by Crippen LogP contribution is 2.19. The SMILES string of the molecule is Cc1csc(CC(=O)Cc2ccc(F)cc2Cl)n1. The highest BCUT2D eigenvalue weighted by molar-refractivity contribution is 7.09. The minimum Gasteiger partial charge on any atom is -0.299 e. The monoisotopic (exact) mass is 283 g/mol. The van der Waals surface area contributed by atoms with E-state index in [4.69, 9.17) is 11.6 Å². The van der Waals surface area contributed by atoms with Crippen LogP contribution in [0.2, 0.25) is 5.02 Å². The molecule has 1 aromatic heterocycles. The number of hydrogen-bond donors (Lipinski definition) is 0. The average molecular weight is 284 g/mol. The smallest absolute Gasteiger partial charge is 0.144 e. The molecule has 0 atom stereocenters. The van der Waals surface area contributed by atoms with Gasteiger partial charge in [-0.1, -0.05) is 17.7 Å². The van der Waals surface area contributed by atoms with Crippen LogP contribution in [0.5, 0.6) is 0 Å². The standard InChI is InChI=1S/C13H11ClFNOS/c1-8-7-18-13(16-8)6-11(17)4-9-2-3-10(15)5-12(9)14/h2-3,5,7H,4,6H2,1H3. The Bertz CT molecular complexity index is 582. The molecule has 0 saturated carbocycles. The van der Waals surface area contributed by atoms with E-state index in [1.807, 2.05) is 12.3 Å². The first-order valence-corrected chi connectivity index (χ1v) is 6.67. The average Bonchev–Trinajstić information content (AvgIpc) is 2.68. The summed E-state index contributed by atoms with van der Waals surface area (Å²) in [6.07, 6.45) is 0.504. The summed E-state index contributed by atoms with van der Waals surface area (Å²) < 4.78 is 12.9. The number of thiazole rings is 1. The lowest BCUT2D eigenvalue weighted by molar-refractivity contribution is -0.117. The molecule has 0 amide bonds. The van der Waals surface area contributed by atoms with Crippen LogP contribution >= 0.6 is 22.9 Å². The molecule has 0 bridgehead atoms. The quantitative estimate of drug-likeness (QED) is 0.858. The van der Waals surface area contributed by atoms with Gasteiger partial charge in [-0.3, -0.25) is 4.79 Å². The van der Waals surface area contributed by atoms with Gasteiger partial charge in [-0.25, -0.2) is 9.37 Å². The fraction of sp³-hybridized carbons (Fsp3) is 0.231. The van der Waals surface area contributed by atoms with Gasteiger partial charge in [0, 0.05) is 22.5 Å². The number of aryl methyl sites for hydroxylation is 1. The molecule has 0 aliphatic heterocycles. The maximum Gasteiger partial charge on any atom is 0.144 e. The molecule has 0 saturated heterocycles. The van der Waals surface area contributed by atoms with E-state index in [-0.39, 0.29) is 12.2 Å². The molecule has 2 nitrogen and oxygen atoms in total. The van der Waals surface area contributed by atoms with E-state index in [1.54, 1.807) is 6.07 Å². The first-order chi connectivity index (χ1) is 8.54. The van der Waals surface area contributed by atoms with Crippen molar-refractivity contribution >= 4 is 28.7 Å². The molecule has 18 heavy (non-hydrogen) atoms. The van der Waals surface area contributed by atoms with Crippen molar-refractivity contribution in [1.82, 2.24) is 4.98 Å². The number of carbonyl (C=O) groups excluding carboxylic acids is 1. The van der Waals surface area contributed by atoms with Crippen molar-refractivity contribution < 1.29 is 9.18 Å². The third-order valence-electron chi connectivity index (χ3n) is 2.42. The number of hydrogen-bond acceptors (Lipinski definition) is 3. The minimum atomic E-state index is -0.397. The summed E-state index contributed by atoms with van der Waals surface area (Å²) in [5.41, 5.74) is 1.57. The van der Waals surface area contributed by atoms with Gasteiger partial charge in [0.2, 0.25) is 0 Å². The lowest BCUT2D eigenvalue weighted by atomic mass is 10.1. The Morgan fingerprint density at radius 2 is 2.22 bits per heavy atom. The molecule has 0 radical (unpaired) electrons. The highest BCUT2D eigenvalue weighted by Gasteiger charge is 2.10. The van der Waals surface area contributed by atoms with Crippen molar-refractivity contribution in [2.45, 2.75) is 19.8 Å². The summed E-state index contributed by atoms with van der Waals surface area (Å²) >= 11 is 7.35. The molecule has 0 unspecified atom stereocenters. The fourth-order valence-electron chi connectivity index (χ4n) is 1.59. The zero-order chi connectivity index (χ0) is 13.1. The van der Waals surface area contributed by atoms with Gasteiger partial charge in [0.15, 0.2) is 0 Å². The normalized spacial score (nSPS) is 10.6. The van der Waals surface area contributed by atoms with Crippen LogP contribution in [-0.4, -0.2) is 10.8 Å². The number of Topliss-reactive ketones (excluding diaryl/α,β-unsaturated/α-hetero) is 1. The minimum absolute atomic E-state index is 0.0258. The number of ketones is 1. The number of nitrogens with zero attached hydrogens (tertiary/aromatic N) is 1. The van der Waals surface area contributed by atoms with Crippen molar-refractivity contribution in [1.29, 1.82) is 0 Å². The van der Waals surface area contributed by atoms with Crippen molar-refractivity contribution in [3.63, 3.8) is 0 Å². The Labute approximate surface area is 113 Å². The molecular formula is C13H11ClFNOS. The topological polar surface area (TPSA) is 30.0 Å². The molecule has 0 aliphatic carbocycles. The Hall–Kier alpha value is -1.26. The molecule has 1 heterocycles. The second-order valence-electron chi connectivity index (χ2n) is 4.01. The highest BCUT2D eigenvalue weighted by atomic mass is 35.5. The number of rotatable bonds is 4. The zero-order valence-corrected chi connectivity index (χ0v) is 11.3. The van der Waals surface area contributed by atoms with Crippen LogP contribution in [0.25, 0.3) is 0 Å². The van der Waals surface area contributed by atoms with E-state index in [0.717, 1.165) is 10.7 Å². The molecule has 0 N–H and O–H groups in total. The summed E-state index contributed by atoms with van der Waals surface area (Å²) in [7, 11) is 0. The second-order valence-corrected chi connectivity index (χ2v) is 5.36. The number of benzene rings is 1. The molecule has 0 fully saturated rings. The number of halogens is 2. The summed E-state index contributed by atoms with van der Waals surface area (Å²) in [5, 5.41) is 3.00. The Kier molecular flexibility index (Phi) is 4.09. The molecule has 94 valence electrons. The van der Waals surface area contributed by atoms with Crippen LogP contribution in [0.1, 0.15) is 16.3 Å². The molecule has 5 heteroatoms. The maximum atomic E-state index is 12.9. The third kappa shape index (κ3) is 3.37. The maximum absolute atomic E-state index is 12.9. The summed E-state index contributed by atoms with van der Waals surface area (Å²) in [6.45, 7) is 1.89. The van der Waals surface area contributed by atoms with Crippen molar-refractivity contribution in [2.75, 3.05) is 0 Å². The van der Waals surface area contributed by atoms with Crippen LogP contribution in [0, 0.1) is 12.7 Å². The fourth-order valence-corrected chi connectivity index (χ4v) is 2.63. The molecular weight excluding hydrogens is 273 g/mol. The Morgan fingerprint density at radius 1 is 1.44 bits per heavy atom. The summed E-state index contributed by atoms with van der Waals surface area (Å²) in [5.74, 6) is -0.371. The Morgan fingerprint density at radius 3 is 2.83 bits per heavy atom. The molecule has 0 aliphatic rings. The largest absolute Gasteiger partial charge is 0.299 e. The zero-order valence-electron chi connectivity index (χ0n) is 9.74. The van der Waals surface area contributed by atoms with Crippen molar-refractivity contribution in [3.05, 3.63) is 50.7 Å². The predicted octanol–water partition coefficient (Wildman–Crippen LogP) is 3.60. The van der Waals surface area contributed by atoms with Gasteiger partial charge in [-0.05, 0) is 24.6 Å². The summed E-state index contributed by atoms with van der Waals surface area (Å²) in [4.78, 5) is 16.1. The van der Waals surface area contributed by atoms with Crippen molar-refractivity contribution in [2.24, 2.45) is 0 Å². The molecule has 0 spiro atoms. The van der Waals surface area contributed by atoms with Crippen LogP contribution in [0.15, 0.2) is 23.6 Å². The van der Waals surface area contributed by atoms with E-state index < -0.39 is 5.82 Å². The molecule has 2 aromatic rings. The Balaban J connectivity index is 2.03. The van der Waals surface area contributed by atoms with Crippen LogP contribution in [0.4, 0.5) is 4.39 Å². The predicted molar refractivity (Wildman–Crippen MR) is 70.7 cm³/mol. The lowest BCUT2D eigenvalue weighted by Crippen LogP contribution is -2.07. The lowest BCUT2D eigenvalue weighted by Gasteiger charge is -2.02. The van der Waals surface area contributed by atoms with E-state index in [2.05, 4.69) is 4.98 Å². The molecule has 2 rings (SSSR count). The van der Waals surface area contributed by atoms with E-state index in [9.17, 15) is 9.18 Å². The first-order valence-electron chi connectivity index (χ1n) is 5.41.